The number of rotatable bonds is 2. The van der Waals surface area contributed by atoms with E-state index < -0.39 is 23.4 Å². The van der Waals surface area contributed by atoms with E-state index in [9.17, 15) is 22.8 Å². The van der Waals surface area contributed by atoms with Gasteiger partial charge in [-0.15, -0.1) is 0 Å². The van der Waals surface area contributed by atoms with E-state index >= 15 is 0 Å². The summed E-state index contributed by atoms with van der Waals surface area (Å²) in [6.07, 6.45) is -3.94. The molecule has 0 unspecified atom stereocenters. The fraction of sp³-hybridized carbons (Fsp3) is 0.333. The Morgan fingerprint density at radius 2 is 1.72 bits per heavy atom. The first-order valence-corrected chi connectivity index (χ1v) is 9.30. The molecule has 0 saturated carbocycles. The Bertz CT molecular complexity index is 933. The Morgan fingerprint density at radius 1 is 1.07 bits per heavy atom. The number of benzene rings is 2. The Morgan fingerprint density at radius 3 is 2.38 bits per heavy atom. The molecule has 2 heterocycles. The molecule has 0 atom stereocenters. The molecule has 0 aliphatic carbocycles. The molecule has 2 aliphatic rings. The van der Waals surface area contributed by atoms with Crippen molar-refractivity contribution in [2.75, 3.05) is 18.4 Å². The second-order valence-corrected chi connectivity index (χ2v) is 7.31. The van der Waals surface area contributed by atoms with Crippen LogP contribution in [0.25, 0.3) is 0 Å². The molecule has 1 saturated heterocycles. The van der Waals surface area contributed by atoms with Crippen molar-refractivity contribution in [3.63, 3.8) is 0 Å². The summed E-state index contributed by atoms with van der Waals surface area (Å²) in [4.78, 5) is 26.2. The van der Waals surface area contributed by atoms with Crippen LogP contribution in [0.1, 0.15) is 29.5 Å². The van der Waals surface area contributed by atoms with Gasteiger partial charge in [-0.25, -0.2) is 4.79 Å². The van der Waals surface area contributed by atoms with Crippen molar-refractivity contribution >= 4 is 17.7 Å². The smallest absolute Gasteiger partial charge is 0.416 e. The number of nitrogens with zero attached hydrogens (tertiary/aromatic N) is 1. The van der Waals surface area contributed by atoms with Crippen LogP contribution < -0.4 is 5.32 Å². The van der Waals surface area contributed by atoms with Gasteiger partial charge in [-0.2, -0.15) is 13.2 Å². The van der Waals surface area contributed by atoms with Crippen molar-refractivity contribution < 1.29 is 27.5 Å². The molecule has 1 N–H and O–H groups in total. The number of piperidine rings is 1. The van der Waals surface area contributed by atoms with E-state index in [2.05, 4.69) is 5.32 Å². The number of amides is 2. The van der Waals surface area contributed by atoms with Gasteiger partial charge in [-0.05, 0) is 23.8 Å². The summed E-state index contributed by atoms with van der Waals surface area (Å²) in [6, 6.07) is 12.1. The zero-order valence-electron chi connectivity index (χ0n) is 15.5. The monoisotopic (exact) mass is 404 g/mol. The van der Waals surface area contributed by atoms with Crippen LogP contribution in [0.15, 0.2) is 48.5 Å². The highest BCUT2D eigenvalue weighted by Crippen LogP contribution is 2.43. The molecule has 152 valence electrons. The average Bonchev–Trinajstić information content (AvgIpc) is 2.68. The number of hydrogen-bond acceptors (Lipinski definition) is 3. The summed E-state index contributed by atoms with van der Waals surface area (Å²) in [6.45, 7) is 0.808. The minimum atomic E-state index is -4.40. The van der Waals surface area contributed by atoms with Gasteiger partial charge < -0.3 is 9.64 Å². The number of nitrogens with one attached hydrogen (secondary N) is 1. The number of carbonyl (C=O) groups excluding carboxylic acids is 2. The van der Waals surface area contributed by atoms with Crippen LogP contribution in [0.3, 0.4) is 0 Å². The molecule has 0 aromatic heterocycles. The lowest BCUT2D eigenvalue weighted by molar-refractivity contribution is -0.137. The standard InChI is InChI=1S/C21H19F3N2O3/c22-21(23,24)15-7-5-14(6-8-15)13-18(27)26-11-9-20(10-12-26)16-3-1-2-4-17(16)25-19(28)29-20/h1-8H,9-13H2,(H,25,28). The Labute approximate surface area is 165 Å². The van der Waals surface area contributed by atoms with Gasteiger partial charge >= 0.3 is 12.3 Å². The fourth-order valence-electron chi connectivity index (χ4n) is 3.94. The van der Waals surface area contributed by atoms with E-state index in [0.29, 0.717) is 37.2 Å². The van der Waals surface area contributed by atoms with Gasteiger partial charge in [0, 0.05) is 31.5 Å². The molecule has 0 bridgehead atoms. The molecular formula is C21H19F3N2O3. The van der Waals surface area contributed by atoms with Crippen LogP contribution >= 0.6 is 0 Å². The second kappa shape index (κ2) is 7.09. The summed E-state index contributed by atoms with van der Waals surface area (Å²) in [5, 5.41) is 2.69. The lowest BCUT2D eigenvalue weighted by Crippen LogP contribution is -2.50. The number of likely N-dealkylation sites (tertiary alicyclic amines) is 1. The molecule has 2 aliphatic heterocycles. The van der Waals surface area contributed by atoms with Crippen molar-refractivity contribution in [3.05, 3.63) is 65.2 Å². The Balaban J connectivity index is 1.42. The van der Waals surface area contributed by atoms with Crippen molar-refractivity contribution in [1.82, 2.24) is 4.90 Å². The number of hydrogen-bond donors (Lipinski definition) is 1. The first-order valence-electron chi connectivity index (χ1n) is 9.30. The third-order valence-corrected chi connectivity index (χ3v) is 5.50. The molecule has 1 fully saturated rings. The highest BCUT2D eigenvalue weighted by Gasteiger charge is 2.44. The van der Waals surface area contributed by atoms with Gasteiger partial charge in [0.15, 0.2) is 0 Å². The van der Waals surface area contributed by atoms with Gasteiger partial charge in [-0.3, -0.25) is 10.1 Å². The molecule has 4 rings (SSSR count). The zero-order chi connectivity index (χ0) is 20.6. The summed E-state index contributed by atoms with van der Waals surface area (Å²) in [5.41, 5.74) is 0.647. The normalized spacial score (nSPS) is 18.0. The van der Waals surface area contributed by atoms with Crippen molar-refractivity contribution in [1.29, 1.82) is 0 Å². The van der Waals surface area contributed by atoms with E-state index in [4.69, 9.17) is 4.74 Å². The molecule has 5 nitrogen and oxygen atoms in total. The van der Waals surface area contributed by atoms with Gasteiger partial charge in [-0.1, -0.05) is 30.3 Å². The molecule has 29 heavy (non-hydrogen) atoms. The average molecular weight is 404 g/mol. The SMILES string of the molecule is O=C1Nc2ccccc2C2(CCN(C(=O)Cc3ccc(C(F)(F)F)cc3)CC2)O1. The third-order valence-electron chi connectivity index (χ3n) is 5.50. The first-order chi connectivity index (χ1) is 13.8. The maximum Gasteiger partial charge on any atom is 0.416 e. The number of carbonyl (C=O) groups is 2. The van der Waals surface area contributed by atoms with Gasteiger partial charge in [0.1, 0.15) is 5.60 Å². The van der Waals surface area contributed by atoms with Crippen molar-refractivity contribution in [3.8, 4) is 0 Å². The number of ether oxygens (including phenoxy) is 1. The molecule has 0 radical (unpaired) electrons. The predicted octanol–water partition coefficient (Wildman–Crippen LogP) is 4.33. The molecule has 8 heteroatoms. The van der Waals surface area contributed by atoms with Gasteiger partial charge in [0.25, 0.3) is 0 Å². The molecule has 1 spiro atoms. The third kappa shape index (κ3) is 3.79. The van der Waals surface area contributed by atoms with Crippen LogP contribution in [0.2, 0.25) is 0 Å². The summed E-state index contributed by atoms with van der Waals surface area (Å²) in [5.74, 6) is -0.159. The van der Waals surface area contributed by atoms with E-state index in [1.54, 1.807) is 4.90 Å². The van der Waals surface area contributed by atoms with E-state index in [-0.39, 0.29) is 12.3 Å². The van der Waals surface area contributed by atoms with Crippen LogP contribution in [0.4, 0.5) is 23.7 Å². The number of fused-ring (bicyclic) bond motifs is 2. The summed E-state index contributed by atoms with van der Waals surface area (Å²) < 4.78 is 43.6. The van der Waals surface area contributed by atoms with Gasteiger partial charge in [0.05, 0.1) is 17.7 Å². The predicted molar refractivity (Wildman–Crippen MR) is 99.2 cm³/mol. The van der Waals surface area contributed by atoms with Crippen LogP contribution in [0, 0.1) is 0 Å². The lowest BCUT2D eigenvalue weighted by atomic mass is 9.82. The van der Waals surface area contributed by atoms with E-state index in [1.165, 1.54) is 12.1 Å². The Kier molecular flexibility index (Phi) is 4.72. The summed E-state index contributed by atoms with van der Waals surface area (Å²) in [7, 11) is 0. The highest BCUT2D eigenvalue weighted by atomic mass is 19.4. The first kappa shape index (κ1) is 19.3. The fourth-order valence-corrected chi connectivity index (χ4v) is 3.94. The van der Waals surface area contributed by atoms with Crippen molar-refractivity contribution in [2.45, 2.75) is 31.0 Å². The molecule has 2 amide bonds. The minimum absolute atomic E-state index is 0.0308. The number of anilines is 1. The van der Waals surface area contributed by atoms with Crippen LogP contribution in [-0.4, -0.2) is 30.0 Å². The molecule has 2 aromatic rings. The topological polar surface area (TPSA) is 58.6 Å². The number of halogens is 3. The quantitative estimate of drug-likeness (QED) is 0.811. The van der Waals surface area contributed by atoms with Gasteiger partial charge in [0.2, 0.25) is 5.91 Å². The van der Waals surface area contributed by atoms with Crippen LogP contribution in [-0.2, 0) is 27.7 Å². The number of alkyl halides is 3. The molecule has 2 aromatic carbocycles. The second-order valence-electron chi connectivity index (χ2n) is 7.31. The van der Waals surface area contributed by atoms with E-state index in [0.717, 1.165) is 17.7 Å². The zero-order valence-corrected chi connectivity index (χ0v) is 15.5. The van der Waals surface area contributed by atoms with Crippen LogP contribution in [0.5, 0.6) is 0 Å². The maximum absolute atomic E-state index is 12.7. The Hall–Kier alpha value is -3.03. The summed E-state index contributed by atoms with van der Waals surface area (Å²) >= 11 is 0. The highest BCUT2D eigenvalue weighted by molar-refractivity contribution is 5.89. The number of para-hydroxylation sites is 1. The van der Waals surface area contributed by atoms with Crippen molar-refractivity contribution in [2.24, 2.45) is 0 Å². The molecular weight excluding hydrogens is 385 g/mol. The maximum atomic E-state index is 12.7. The van der Waals surface area contributed by atoms with E-state index in [1.807, 2.05) is 24.3 Å². The largest absolute Gasteiger partial charge is 0.438 e. The lowest BCUT2D eigenvalue weighted by Gasteiger charge is -2.44. The minimum Gasteiger partial charge on any atom is -0.438 e.